The molecule has 4 N–H and O–H groups in total. The van der Waals surface area contributed by atoms with Gasteiger partial charge in [-0.05, 0) is 24.1 Å². The highest BCUT2D eigenvalue weighted by Crippen LogP contribution is 2.15. The molecule has 1 unspecified atom stereocenters. The number of amides is 2. The Morgan fingerprint density at radius 2 is 2.11 bits per heavy atom. The lowest BCUT2D eigenvalue weighted by Gasteiger charge is -2.21. The van der Waals surface area contributed by atoms with Crippen molar-refractivity contribution in [2.75, 3.05) is 11.9 Å². The normalized spacial score (nSPS) is 19.2. The molecule has 96 valence electrons. The Morgan fingerprint density at radius 1 is 1.39 bits per heavy atom. The summed E-state index contributed by atoms with van der Waals surface area (Å²) in [5.74, 6) is -0.168. The first-order valence-electron chi connectivity index (χ1n) is 6.05. The summed E-state index contributed by atoms with van der Waals surface area (Å²) < 4.78 is 0. The Morgan fingerprint density at radius 3 is 2.67 bits per heavy atom. The largest absolute Gasteiger partial charge is 0.355 e. The summed E-state index contributed by atoms with van der Waals surface area (Å²) >= 11 is 0. The maximum atomic E-state index is 11.9. The van der Waals surface area contributed by atoms with Gasteiger partial charge in [-0.3, -0.25) is 9.59 Å². The fourth-order valence-electron chi connectivity index (χ4n) is 1.93. The number of anilines is 1. The van der Waals surface area contributed by atoms with Gasteiger partial charge in [0.2, 0.25) is 11.8 Å². The average molecular weight is 247 g/mol. The number of rotatable bonds is 3. The second-order valence-electron chi connectivity index (χ2n) is 4.43. The summed E-state index contributed by atoms with van der Waals surface area (Å²) in [6.45, 7) is 0.911. The molecule has 2 rings (SSSR count). The van der Waals surface area contributed by atoms with Gasteiger partial charge in [-0.2, -0.15) is 0 Å². The molecule has 1 fully saturated rings. The van der Waals surface area contributed by atoms with E-state index in [2.05, 4.69) is 10.6 Å². The number of carbonyl (C=O) groups excluding carboxylic acids is 2. The summed E-state index contributed by atoms with van der Waals surface area (Å²) in [7, 11) is 0. The van der Waals surface area contributed by atoms with Crippen LogP contribution in [0.2, 0.25) is 0 Å². The van der Waals surface area contributed by atoms with E-state index in [1.54, 1.807) is 0 Å². The molecule has 0 aliphatic carbocycles. The molecule has 1 heterocycles. The van der Waals surface area contributed by atoms with Crippen LogP contribution in [0.4, 0.5) is 5.69 Å². The smallest absolute Gasteiger partial charge is 0.229 e. The monoisotopic (exact) mass is 247 g/mol. The molecule has 0 saturated carbocycles. The van der Waals surface area contributed by atoms with E-state index in [0.717, 1.165) is 11.3 Å². The third-order valence-corrected chi connectivity index (χ3v) is 3.09. The molecule has 0 spiro atoms. The highest BCUT2D eigenvalue weighted by Gasteiger charge is 2.24. The lowest BCUT2D eigenvalue weighted by atomic mass is 9.98. The molecule has 1 aliphatic rings. The van der Waals surface area contributed by atoms with Crippen molar-refractivity contribution in [3.05, 3.63) is 29.8 Å². The van der Waals surface area contributed by atoms with Gasteiger partial charge in [0.25, 0.3) is 0 Å². The first-order valence-corrected chi connectivity index (χ1v) is 6.05. The first kappa shape index (κ1) is 12.6. The Labute approximate surface area is 106 Å². The second-order valence-corrected chi connectivity index (χ2v) is 4.43. The van der Waals surface area contributed by atoms with Crippen LogP contribution in [0.3, 0.4) is 0 Å². The van der Waals surface area contributed by atoms with E-state index in [4.69, 9.17) is 5.73 Å². The third-order valence-electron chi connectivity index (χ3n) is 3.09. The van der Waals surface area contributed by atoms with Crippen LogP contribution in [-0.4, -0.2) is 18.4 Å². The second kappa shape index (κ2) is 5.64. The van der Waals surface area contributed by atoms with Gasteiger partial charge in [0.15, 0.2) is 0 Å². The van der Waals surface area contributed by atoms with Gasteiger partial charge in [-0.15, -0.1) is 0 Å². The molecule has 18 heavy (non-hydrogen) atoms. The molecule has 1 saturated heterocycles. The Bertz CT molecular complexity index is 432. The van der Waals surface area contributed by atoms with E-state index in [1.165, 1.54) is 0 Å². The topological polar surface area (TPSA) is 84.2 Å². The third kappa shape index (κ3) is 3.07. The summed E-state index contributed by atoms with van der Waals surface area (Å²) in [5.41, 5.74) is 7.29. The predicted octanol–water partition coefficient (Wildman–Crippen LogP) is 0.610. The van der Waals surface area contributed by atoms with Crippen LogP contribution in [0, 0.1) is 5.92 Å². The number of hydrogen-bond acceptors (Lipinski definition) is 3. The minimum atomic E-state index is -0.142. The number of benzene rings is 1. The van der Waals surface area contributed by atoms with E-state index in [9.17, 15) is 9.59 Å². The molecule has 0 bridgehead atoms. The van der Waals surface area contributed by atoms with E-state index < -0.39 is 0 Å². The van der Waals surface area contributed by atoms with Crippen LogP contribution in [0.1, 0.15) is 18.4 Å². The van der Waals surface area contributed by atoms with Crippen LogP contribution in [-0.2, 0) is 16.1 Å². The zero-order chi connectivity index (χ0) is 13.0. The molecule has 1 aromatic rings. The van der Waals surface area contributed by atoms with Gasteiger partial charge in [0, 0.05) is 25.2 Å². The van der Waals surface area contributed by atoms with Crippen LogP contribution >= 0.6 is 0 Å². The summed E-state index contributed by atoms with van der Waals surface area (Å²) in [4.78, 5) is 22.9. The van der Waals surface area contributed by atoms with Crippen molar-refractivity contribution in [2.24, 2.45) is 11.7 Å². The number of carbonyl (C=O) groups is 2. The van der Waals surface area contributed by atoms with Crippen molar-refractivity contribution in [3.63, 3.8) is 0 Å². The zero-order valence-electron chi connectivity index (χ0n) is 10.1. The first-order chi connectivity index (χ1) is 8.69. The van der Waals surface area contributed by atoms with E-state index >= 15 is 0 Å². The molecule has 2 amide bonds. The summed E-state index contributed by atoms with van der Waals surface area (Å²) in [5, 5.41) is 5.55. The number of hydrogen-bond donors (Lipinski definition) is 3. The fourth-order valence-corrected chi connectivity index (χ4v) is 1.93. The molecule has 1 atom stereocenters. The van der Waals surface area contributed by atoms with Crippen molar-refractivity contribution < 1.29 is 9.59 Å². The van der Waals surface area contributed by atoms with Gasteiger partial charge in [-0.1, -0.05) is 12.1 Å². The van der Waals surface area contributed by atoms with Gasteiger partial charge < -0.3 is 16.4 Å². The van der Waals surface area contributed by atoms with Crippen molar-refractivity contribution in [1.29, 1.82) is 0 Å². The zero-order valence-corrected chi connectivity index (χ0v) is 10.1. The quantitative estimate of drug-likeness (QED) is 0.731. The Hall–Kier alpha value is -1.88. The van der Waals surface area contributed by atoms with Crippen molar-refractivity contribution >= 4 is 17.5 Å². The minimum absolute atomic E-state index is 0.0198. The Balaban J connectivity index is 1.92. The average Bonchev–Trinajstić information content (AvgIpc) is 2.40. The van der Waals surface area contributed by atoms with Crippen molar-refractivity contribution in [1.82, 2.24) is 5.32 Å². The molecule has 0 radical (unpaired) electrons. The van der Waals surface area contributed by atoms with Crippen LogP contribution < -0.4 is 16.4 Å². The number of nitrogens with one attached hydrogen (secondary N) is 2. The number of nitrogens with two attached hydrogens (primary N) is 1. The lowest BCUT2D eigenvalue weighted by molar-refractivity contribution is -0.126. The molecular formula is C13H17N3O2. The molecule has 1 aliphatic heterocycles. The highest BCUT2D eigenvalue weighted by atomic mass is 16.2. The lowest BCUT2D eigenvalue weighted by Crippen LogP contribution is -2.40. The van der Waals surface area contributed by atoms with Gasteiger partial charge in [0.1, 0.15) is 0 Å². The van der Waals surface area contributed by atoms with Crippen LogP contribution in [0.25, 0.3) is 0 Å². The molecule has 5 heteroatoms. The molecule has 1 aromatic carbocycles. The van der Waals surface area contributed by atoms with E-state index in [1.807, 2.05) is 24.3 Å². The van der Waals surface area contributed by atoms with Crippen LogP contribution in [0.5, 0.6) is 0 Å². The summed E-state index contributed by atoms with van der Waals surface area (Å²) in [6.07, 6.45) is 1.03. The fraction of sp³-hybridized carbons (Fsp3) is 0.385. The highest BCUT2D eigenvalue weighted by molar-refractivity contribution is 5.94. The Kier molecular flexibility index (Phi) is 3.94. The SMILES string of the molecule is NCc1ccc(NC(=O)C2CCC(=O)NC2)cc1. The van der Waals surface area contributed by atoms with Crippen LogP contribution in [0.15, 0.2) is 24.3 Å². The van der Waals surface area contributed by atoms with E-state index in [0.29, 0.717) is 25.9 Å². The minimum Gasteiger partial charge on any atom is -0.355 e. The van der Waals surface area contributed by atoms with Gasteiger partial charge >= 0.3 is 0 Å². The maximum Gasteiger partial charge on any atom is 0.229 e. The summed E-state index contributed by atoms with van der Waals surface area (Å²) in [6, 6.07) is 7.44. The molecule has 5 nitrogen and oxygen atoms in total. The van der Waals surface area contributed by atoms with Crippen molar-refractivity contribution in [2.45, 2.75) is 19.4 Å². The predicted molar refractivity (Wildman–Crippen MR) is 68.7 cm³/mol. The standard InChI is InChI=1S/C13H17N3O2/c14-7-9-1-4-11(5-2-9)16-13(18)10-3-6-12(17)15-8-10/h1-2,4-5,10H,3,6-8,14H2,(H,15,17)(H,16,18). The molecular weight excluding hydrogens is 230 g/mol. The van der Waals surface area contributed by atoms with Gasteiger partial charge in [-0.25, -0.2) is 0 Å². The van der Waals surface area contributed by atoms with Crippen molar-refractivity contribution in [3.8, 4) is 0 Å². The van der Waals surface area contributed by atoms with Gasteiger partial charge in [0.05, 0.1) is 5.92 Å². The molecule has 0 aromatic heterocycles. The van der Waals surface area contributed by atoms with E-state index in [-0.39, 0.29) is 17.7 Å². The number of piperidine rings is 1. The maximum absolute atomic E-state index is 11.9.